The number of aliphatic imine (C=N–C) groups is 1. The lowest BCUT2D eigenvalue weighted by molar-refractivity contribution is 0.458. The molecule has 0 aliphatic heterocycles. The van der Waals surface area contributed by atoms with Crippen molar-refractivity contribution >= 4 is 5.96 Å². The summed E-state index contributed by atoms with van der Waals surface area (Å²) >= 11 is 0. The Balaban J connectivity index is 1.78. The Morgan fingerprint density at radius 3 is 2.75 bits per heavy atom. The number of rotatable bonds is 8. The summed E-state index contributed by atoms with van der Waals surface area (Å²) in [6.45, 7) is 7.36. The third-order valence-electron chi connectivity index (χ3n) is 3.58. The van der Waals surface area contributed by atoms with Crippen LogP contribution in [0.4, 0.5) is 4.39 Å². The van der Waals surface area contributed by atoms with Crippen LogP contribution >= 0.6 is 0 Å². The van der Waals surface area contributed by atoms with Crippen LogP contribution in [0.1, 0.15) is 19.4 Å². The lowest BCUT2D eigenvalue weighted by Crippen LogP contribution is -2.38. The Labute approximate surface area is 143 Å². The number of hydrogen-bond donors (Lipinski definition) is 2. The van der Waals surface area contributed by atoms with Gasteiger partial charge in [-0.15, -0.1) is 0 Å². The predicted molar refractivity (Wildman–Crippen MR) is 95.5 cm³/mol. The molecule has 0 spiro atoms. The van der Waals surface area contributed by atoms with Crippen LogP contribution in [0.5, 0.6) is 0 Å². The van der Waals surface area contributed by atoms with Gasteiger partial charge in [0.15, 0.2) is 5.96 Å². The van der Waals surface area contributed by atoms with E-state index in [1.165, 1.54) is 12.1 Å². The second-order valence-electron chi connectivity index (χ2n) is 5.86. The maximum Gasteiger partial charge on any atom is 0.191 e. The molecule has 1 atom stereocenters. The van der Waals surface area contributed by atoms with E-state index < -0.39 is 0 Å². The van der Waals surface area contributed by atoms with Crippen molar-refractivity contribution in [1.82, 2.24) is 20.4 Å². The molecule has 1 heterocycles. The summed E-state index contributed by atoms with van der Waals surface area (Å²) in [5.41, 5.74) is 1.10. The van der Waals surface area contributed by atoms with Crippen LogP contribution in [0.25, 0.3) is 0 Å². The lowest BCUT2D eigenvalue weighted by Gasteiger charge is -2.13. The zero-order valence-electron chi connectivity index (χ0n) is 14.4. The standard InChI is InChI=1S/C18H26FN5/c1-3-20-18(21-11-9-16-5-7-17(19)8-6-16)22-13-15(2)14-24-12-4-10-23-24/h4-8,10,12,15H,3,9,11,13-14H2,1-2H3,(H2,20,21,22). The highest BCUT2D eigenvalue weighted by molar-refractivity contribution is 5.79. The highest BCUT2D eigenvalue weighted by Gasteiger charge is 2.04. The average Bonchev–Trinajstić information content (AvgIpc) is 3.07. The topological polar surface area (TPSA) is 54.2 Å². The number of nitrogens with zero attached hydrogens (tertiary/aromatic N) is 3. The van der Waals surface area contributed by atoms with E-state index in [0.29, 0.717) is 5.92 Å². The zero-order chi connectivity index (χ0) is 17.2. The third kappa shape index (κ3) is 6.40. The molecule has 0 saturated heterocycles. The summed E-state index contributed by atoms with van der Waals surface area (Å²) in [7, 11) is 0. The quantitative estimate of drug-likeness (QED) is 0.577. The minimum absolute atomic E-state index is 0.201. The fourth-order valence-corrected chi connectivity index (χ4v) is 2.35. The predicted octanol–water partition coefficient (Wildman–Crippen LogP) is 2.46. The second-order valence-corrected chi connectivity index (χ2v) is 5.86. The molecule has 0 saturated carbocycles. The Morgan fingerprint density at radius 1 is 1.29 bits per heavy atom. The van der Waals surface area contributed by atoms with Gasteiger partial charge in [0.05, 0.1) is 0 Å². The van der Waals surface area contributed by atoms with Gasteiger partial charge in [0.25, 0.3) is 0 Å². The van der Waals surface area contributed by atoms with E-state index in [2.05, 4.69) is 27.6 Å². The van der Waals surface area contributed by atoms with Crippen molar-refractivity contribution < 1.29 is 4.39 Å². The Bertz CT molecular complexity index is 607. The molecule has 1 aromatic heterocycles. The maximum atomic E-state index is 12.9. The molecule has 0 aliphatic rings. The van der Waals surface area contributed by atoms with Gasteiger partial charge < -0.3 is 10.6 Å². The molecule has 0 radical (unpaired) electrons. The molecule has 2 aromatic rings. The summed E-state index contributed by atoms with van der Waals surface area (Å²) in [4.78, 5) is 4.63. The van der Waals surface area contributed by atoms with Crippen molar-refractivity contribution in [2.45, 2.75) is 26.8 Å². The first kappa shape index (κ1) is 18.0. The van der Waals surface area contributed by atoms with Crippen molar-refractivity contribution in [3.63, 3.8) is 0 Å². The number of hydrogen-bond acceptors (Lipinski definition) is 2. The van der Waals surface area contributed by atoms with Gasteiger partial charge in [0.1, 0.15) is 5.82 Å². The number of aromatic nitrogens is 2. The average molecular weight is 331 g/mol. The third-order valence-corrected chi connectivity index (χ3v) is 3.58. The van der Waals surface area contributed by atoms with Gasteiger partial charge in [-0.1, -0.05) is 19.1 Å². The van der Waals surface area contributed by atoms with Gasteiger partial charge in [0, 0.05) is 38.6 Å². The minimum atomic E-state index is -0.201. The summed E-state index contributed by atoms with van der Waals surface area (Å²) < 4.78 is 14.8. The van der Waals surface area contributed by atoms with Crippen molar-refractivity contribution in [3.8, 4) is 0 Å². The highest BCUT2D eigenvalue weighted by atomic mass is 19.1. The van der Waals surface area contributed by atoms with Gasteiger partial charge in [-0.25, -0.2) is 4.39 Å². The van der Waals surface area contributed by atoms with Crippen molar-refractivity contribution in [1.29, 1.82) is 0 Å². The first-order valence-electron chi connectivity index (χ1n) is 8.41. The molecule has 24 heavy (non-hydrogen) atoms. The van der Waals surface area contributed by atoms with Crippen LogP contribution in [0, 0.1) is 11.7 Å². The van der Waals surface area contributed by atoms with E-state index in [0.717, 1.165) is 44.1 Å². The van der Waals surface area contributed by atoms with Crippen molar-refractivity contribution in [2.75, 3.05) is 19.6 Å². The molecule has 2 N–H and O–H groups in total. The van der Waals surface area contributed by atoms with Crippen LogP contribution in [-0.2, 0) is 13.0 Å². The molecule has 0 bridgehead atoms. The molecule has 1 unspecified atom stereocenters. The lowest BCUT2D eigenvalue weighted by atomic mass is 10.1. The van der Waals surface area contributed by atoms with E-state index in [4.69, 9.17) is 0 Å². The fraction of sp³-hybridized carbons (Fsp3) is 0.444. The first-order chi connectivity index (χ1) is 11.7. The van der Waals surface area contributed by atoms with E-state index in [-0.39, 0.29) is 5.82 Å². The molecule has 2 rings (SSSR count). The maximum absolute atomic E-state index is 12.9. The molecule has 0 aliphatic carbocycles. The fourth-order valence-electron chi connectivity index (χ4n) is 2.35. The molecule has 6 heteroatoms. The first-order valence-corrected chi connectivity index (χ1v) is 8.41. The molecular weight excluding hydrogens is 305 g/mol. The number of nitrogens with one attached hydrogen (secondary N) is 2. The van der Waals surface area contributed by atoms with Gasteiger partial charge in [-0.2, -0.15) is 5.10 Å². The smallest absolute Gasteiger partial charge is 0.191 e. The van der Waals surface area contributed by atoms with Crippen LogP contribution in [-0.4, -0.2) is 35.4 Å². The highest BCUT2D eigenvalue weighted by Crippen LogP contribution is 2.03. The van der Waals surface area contributed by atoms with Gasteiger partial charge in [-0.3, -0.25) is 9.67 Å². The van der Waals surface area contributed by atoms with Crippen LogP contribution in [0.2, 0.25) is 0 Å². The normalized spacial score (nSPS) is 12.9. The van der Waals surface area contributed by atoms with Crippen LogP contribution in [0.15, 0.2) is 47.7 Å². The van der Waals surface area contributed by atoms with Gasteiger partial charge in [-0.05, 0) is 43.0 Å². The van der Waals surface area contributed by atoms with Crippen molar-refractivity contribution in [2.24, 2.45) is 10.9 Å². The molecular formula is C18H26FN5. The van der Waals surface area contributed by atoms with Crippen LogP contribution < -0.4 is 10.6 Å². The largest absolute Gasteiger partial charge is 0.357 e. The monoisotopic (exact) mass is 331 g/mol. The SMILES string of the molecule is CCNC(=NCC(C)Cn1cccn1)NCCc1ccc(F)cc1. The van der Waals surface area contributed by atoms with E-state index in [1.54, 1.807) is 6.20 Å². The Morgan fingerprint density at radius 2 is 2.08 bits per heavy atom. The number of benzene rings is 1. The second kappa shape index (κ2) is 9.70. The Kier molecular flexibility index (Phi) is 7.26. The molecule has 130 valence electrons. The summed E-state index contributed by atoms with van der Waals surface area (Å²) in [6.07, 6.45) is 4.58. The van der Waals surface area contributed by atoms with E-state index in [9.17, 15) is 4.39 Å². The zero-order valence-corrected chi connectivity index (χ0v) is 14.4. The number of guanidine groups is 1. The summed E-state index contributed by atoms with van der Waals surface area (Å²) in [6, 6.07) is 8.54. The minimum Gasteiger partial charge on any atom is -0.357 e. The van der Waals surface area contributed by atoms with Gasteiger partial charge in [0.2, 0.25) is 0 Å². The summed E-state index contributed by atoms with van der Waals surface area (Å²) in [5.74, 6) is 1.01. The number of halogens is 1. The summed E-state index contributed by atoms with van der Waals surface area (Å²) in [5, 5.41) is 10.8. The van der Waals surface area contributed by atoms with Gasteiger partial charge >= 0.3 is 0 Å². The molecule has 0 fully saturated rings. The van der Waals surface area contributed by atoms with Crippen molar-refractivity contribution in [3.05, 3.63) is 54.1 Å². The Hall–Kier alpha value is -2.37. The molecule has 1 aromatic carbocycles. The molecule has 5 nitrogen and oxygen atoms in total. The molecule has 0 amide bonds. The van der Waals surface area contributed by atoms with E-state index >= 15 is 0 Å². The van der Waals surface area contributed by atoms with Crippen LogP contribution in [0.3, 0.4) is 0 Å². The van der Waals surface area contributed by atoms with E-state index in [1.807, 2.05) is 36.0 Å².